The Morgan fingerprint density at radius 1 is 1.20 bits per heavy atom. The van der Waals surface area contributed by atoms with Crippen LogP contribution < -0.4 is 10.1 Å². The number of anilines is 1. The average Bonchev–Trinajstić information content (AvgIpc) is 3.47. The number of aromatic nitrogens is 1. The Bertz CT molecular complexity index is 856. The zero-order chi connectivity index (χ0) is 21.7. The fraction of sp³-hybridized carbons (Fsp3) is 0.478. The van der Waals surface area contributed by atoms with Gasteiger partial charge in [-0.2, -0.15) is 0 Å². The maximum Gasteiger partial charge on any atom is 0.322 e. The molecule has 0 radical (unpaired) electrons. The van der Waals surface area contributed by atoms with Crippen LogP contribution in [0.25, 0.3) is 0 Å². The van der Waals surface area contributed by atoms with Crippen molar-refractivity contribution in [3.05, 3.63) is 48.3 Å². The molecule has 1 saturated carbocycles. The predicted octanol–water partition coefficient (Wildman–Crippen LogP) is 3.86. The van der Waals surface area contributed by atoms with Crippen molar-refractivity contribution < 1.29 is 14.3 Å². The number of hydrogen-bond acceptors (Lipinski definition) is 3. The van der Waals surface area contributed by atoms with Gasteiger partial charge in [-0.1, -0.05) is 0 Å². The van der Waals surface area contributed by atoms with E-state index >= 15 is 0 Å². The number of urea groups is 1. The Morgan fingerprint density at radius 3 is 2.43 bits per heavy atom. The van der Waals surface area contributed by atoms with Gasteiger partial charge in [0.2, 0.25) is 5.91 Å². The number of nitrogens with zero attached hydrogens (tertiary/aromatic N) is 3. The first-order valence-corrected chi connectivity index (χ1v) is 10.6. The van der Waals surface area contributed by atoms with E-state index in [4.69, 9.17) is 4.74 Å². The van der Waals surface area contributed by atoms with E-state index < -0.39 is 0 Å². The zero-order valence-corrected chi connectivity index (χ0v) is 18.3. The van der Waals surface area contributed by atoms with E-state index in [2.05, 4.69) is 5.32 Å². The number of carbonyl (C=O) groups excluding carboxylic acids is 2. The molecule has 1 fully saturated rings. The van der Waals surface area contributed by atoms with Crippen LogP contribution in [0, 0.1) is 0 Å². The highest BCUT2D eigenvalue weighted by molar-refractivity contribution is 5.92. The molecular weight excluding hydrogens is 380 g/mol. The molecule has 30 heavy (non-hydrogen) atoms. The molecule has 1 aromatic carbocycles. The van der Waals surface area contributed by atoms with Gasteiger partial charge < -0.3 is 24.4 Å². The normalized spacial score (nSPS) is 13.2. The second-order valence-corrected chi connectivity index (χ2v) is 7.97. The van der Waals surface area contributed by atoms with Gasteiger partial charge in [-0.05, 0) is 70.0 Å². The van der Waals surface area contributed by atoms with Crippen molar-refractivity contribution in [3.63, 3.8) is 0 Å². The van der Waals surface area contributed by atoms with Gasteiger partial charge in [-0.15, -0.1) is 0 Å². The Balaban J connectivity index is 1.65. The third kappa shape index (κ3) is 5.55. The number of amides is 3. The predicted molar refractivity (Wildman–Crippen MR) is 117 cm³/mol. The third-order valence-corrected chi connectivity index (χ3v) is 5.30. The van der Waals surface area contributed by atoms with Gasteiger partial charge in [0.25, 0.3) is 0 Å². The van der Waals surface area contributed by atoms with Crippen LogP contribution in [0.2, 0.25) is 0 Å². The highest BCUT2D eigenvalue weighted by atomic mass is 16.5. The largest absolute Gasteiger partial charge is 0.494 e. The van der Waals surface area contributed by atoms with E-state index in [0.717, 1.165) is 24.3 Å². The van der Waals surface area contributed by atoms with E-state index in [9.17, 15) is 9.59 Å². The fourth-order valence-electron chi connectivity index (χ4n) is 3.36. The first-order chi connectivity index (χ1) is 14.4. The standard InChI is InChI=1S/C23H32N4O3/c1-5-30-21-12-8-18(9-13-21)24-23(29)26(17(2)3)16-22(28)27(19-10-11-19)15-20-7-6-14-25(20)4/h6-9,12-14,17,19H,5,10-11,15-16H2,1-4H3,(H,24,29). The minimum atomic E-state index is -0.280. The lowest BCUT2D eigenvalue weighted by atomic mass is 10.2. The molecule has 0 spiro atoms. The van der Waals surface area contributed by atoms with Crippen LogP contribution in [0.15, 0.2) is 42.6 Å². The summed E-state index contributed by atoms with van der Waals surface area (Å²) in [5, 5.41) is 2.89. The molecule has 0 bridgehead atoms. The number of aryl methyl sites for hydroxylation is 1. The number of benzene rings is 1. The first kappa shape index (κ1) is 21.7. The molecule has 0 atom stereocenters. The molecule has 1 aliphatic rings. The number of rotatable bonds is 9. The van der Waals surface area contributed by atoms with Crippen molar-refractivity contribution in [1.82, 2.24) is 14.4 Å². The van der Waals surface area contributed by atoms with Crippen LogP contribution in [0.1, 0.15) is 39.3 Å². The lowest BCUT2D eigenvalue weighted by Gasteiger charge is -2.30. The molecule has 0 unspecified atom stereocenters. The van der Waals surface area contributed by atoms with Crippen LogP contribution in [0.4, 0.5) is 10.5 Å². The summed E-state index contributed by atoms with van der Waals surface area (Å²) in [6, 6.07) is 11.1. The topological polar surface area (TPSA) is 66.8 Å². The lowest BCUT2D eigenvalue weighted by Crippen LogP contribution is -2.48. The number of carbonyl (C=O) groups is 2. The van der Waals surface area contributed by atoms with Crippen molar-refractivity contribution in [1.29, 1.82) is 0 Å². The second-order valence-electron chi connectivity index (χ2n) is 7.97. The molecule has 0 aliphatic heterocycles. The Kier molecular flexibility index (Phi) is 7.03. The molecule has 7 nitrogen and oxygen atoms in total. The molecule has 0 saturated heterocycles. The summed E-state index contributed by atoms with van der Waals surface area (Å²) in [7, 11) is 1.98. The molecule has 1 aliphatic carbocycles. The fourth-order valence-corrected chi connectivity index (χ4v) is 3.36. The van der Waals surface area contributed by atoms with Crippen molar-refractivity contribution in [2.75, 3.05) is 18.5 Å². The highest BCUT2D eigenvalue weighted by Gasteiger charge is 2.34. The van der Waals surface area contributed by atoms with Crippen LogP contribution in [-0.4, -0.2) is 51.5 Å². The Hall–Kier alpha value is -2.96. The molecule has 2 aromatic rings. The van der Waals surface area contributed by atoms with Crippen molar-refractivity contribution >= 4 is 17.6 Å². The quantitative estimate of drug-likeness (QED) is 0.680. The minimum Gasteiger partial charge on any atom is -0.494 e. The second kappa shape index (κ2) is 9.69. The van der Waals surface area contributed by atoms with Gasteiger partial charge in [-0.25, -0.2) is 4.79 Å². The van der Waals surface area contributed by atoms with Gasteiger partial charge in [0.05, 0.1) is 13.2 Å². The lowest BCUT2D eigenvalue weighted by molar-refractivity contribution is -0.133. The molecular formula is C23H32N4O3. The van der Waals surface area contributed by atoms with Gasteiger partial charge in [0.1, 0.15) is 12.3 Å². The molecule has 3 amide bonds. The van der Waals surface area contributed by atoms with Crippen molar-refractivity contribution in [2.24, 2.45) is 7.05 Å². The molecule has 1 aromatic heterocycles. The smallest absolute Gasteiger partial charge is 0.322 e. The number of ether oxygens (including phenoxy) is 1. The minimum absolute atomic E-state index is 0.0192. The van der Waals surface area contributed by atoms with Crippen LogP contribution >= 0.6 is 0 Å². The zero-order valence-electron chi connectivity index (χ0n) is 18.3. The highest BCUT2D eigenvalue weighted by Crippen LogP contribution is 2.29. The van der Waals surface area contributed by atoms with E-state index in [-0.39, 0.29) is 30.6 Å². The van der Waals surface area contributed by atoms with Gasteiger partial charge in [0, 0.05) is 36.7 Å². The SMILES string of the molecule is CCOc1ccc(NC(=O)N(CC(=O)N(Cc2cccn2C)C2CC2)C(C)C)cc1. The van der Waals surface area contributed by atoms with E-state index in [0.29, 0.717) is 18.8 Å². The molecule has 7 heteroatoms. The van der Waals surface area contributed by atoms with Gasteiger partial charge in [-0.3, -0.25) is 4.79 Å². The Labute approximate surface area is 178 Å². The Morgan fingerprint density at radius 2 is 1.90 bits per heavy atom. The molecule has 1 heterocycles. The average molecular weight is 413 g/mol. The summed E-state index contributed by atoms with van der Waals surface area (Å²) >= 11 is 0. The molecule has 162 valence electrons. The summed E-state index contributed by atoms with van der Waals surface area (Å²) < 4.78 is 7.46. The molecule has 3 rings (SSSR count). The van der Waals surface area contributed by atoms with Crippen LogP contribution in [0.3, 0.4) is 0 Å². The van der Waals surface area contributed by atoms with Gasteiger partial charge >= 0.3 is 6.03 Å². The number of nitrogens with one attached hydrogen (secondary N) is 1. The first-order valence-electron chi connectivity index (χ1n) is 10.6. The van der Waals surface area contributed by atoms with E-state index in [1.165, 1.54) is 0 Å². The third-order valence-electron chi connectivity index (χ3n) is 5.30. The van der Waals surface area contributed by atoms with Gasteiger partial charge in [0.15, 0.2) is 0 Å². The van der Waals surface area contributed by atoms with E-state index in [1.54, 1.807) is 17.0 Å². The van der Waals surface area contributed by atoms with E-state index in [1.807, 2.05) is 67.7 Å². The van der Waals surface area contributed by atoms with Crippen LogP contribution in [0.5, 0.6) is 5.75 Å². The summed E-state index contributed by atoms with van der Waals surface area (Å²) in [5.41, 5.74) is 1.76. The maximum absolute atomic E-state index is 13.1. The summed E-state index contributed by atoms with van der Waals surface area (Å²) in [6.07, 6.45) is 4.03. The molecule has 1 N–H and O–H groups in total. The van der Waals surface area contributed by atoms with Crippen LogP contribution in [-0.2, 0) is 18.4 Å². The number of hydrogen-bond donors (Lipinski definition) is 1. The maximum atomic E-state index is 13.1. The van der Waals surface area contributed by atoms with Crippen molar-refractivity contribution in [3.8, 4) is 5.75 Å². The monoisotopic (exact) mass is 412 g/mol. The summed E-state index contributed by atoms with van der Waals surface area (Å²) in [5.74, 6) is 0.737. The van der Waals surface area contributed by atoms with Crippen molar-refractivity contribution in [2.45, 2.75) is 52.2 Å². The summed E-state index contributed by atoms with van der Waals surface area (Å²) in [4.78, 5) is 29.5. The summed E-state index contributed by atoms with van der Waals surface area (Å²) in [6.45, 7) is 6.99.